The second kappa shape index (κ2) is 23.6. The Morgan fingerprint density at radius 3 is 2.01 bits per heavy atom. The van der Waals surface area contributed by atoms with Gasteiger partial charge in [0.25, 0.3) is 5.91 Å². The minimum atomic E-state index is -2.94. The lowest BCUT2D eigenvalue weighted by atomic mass is 9.85. The van der Waals surface area contributed by atoms with Crippen molar-refractivity contribution in [2.75, 3.05) is 44.4 Å². The van der Waals surface area contributed by atoms with Crippen LogP contribution in [0.2, 0.25) is 0 Å². The van der Waals surface area contributed by atoms with Crippen LogP contribution in [0.1, 0.15) is 83.2 Å². The first-order valence-corrected chi connectivity index (χ1v) is 24.5. The van der Waals surface area contributed by atoms with E-state index in [0.717, 1.165) is 56.0 Å². The topological polar surface area (TPSA) is 225 Å². The Morgan fingerprint density at radius 1 is 0.838 bits per heavy atom. The van der Waals surface area contributed by atoms with Crippen LogP contribution in [0.4, 0.5) is 33.0 Å². The molecule has 18 nitrogen and oxygen atoms in total. The summed E-state index contributed by atoms with van der Waals surface area (Å²) < 4.78 is 67.2. The van der Waals surface area contributed by atoms with Crippen LogP contribution in [0.3, 0.4) is 0 Å². The van der Waals surface area contributed by atoms with Crippen molar-refractivity contribution in [3.05, 3.63) is 101 Å². The SMILES string of the molecule is CC(C)(C)C(NC(=O)O)C(=O)NNCC(O)C(Cc1ccc(C#Cc2ccc(N3CC4CCC(C3)N4C3COC3)nc2)cc1)NC(=O)C(NC(=O)OCCc1c(F)cc(-c2ccn(C(F)F)n2)cc1F)C(C)(C)C. The van der Waals surface area contributed by atoms with Gasteiger partial charge in [-0.25, -0.2) is 33.5 Å². The first kappa shape index (κ1) is 55.0. The van der Waals surface area contributed by atoms with Gasteiger partial charge in [0.1, 0.15) is 29.5 Å². The number of nitrogens with zero attached hydrogens (tertiary/aromatic N) is 5. The molecule has 22 heteroatoms. The van der Waals surface area contributed by atoms with Crippen LogP contribution in [0, 0.1) is 34.3 Å². The molecule has 5 heterocycles. The molecule has 0 saturated carbocycles. The number of hydrogen-bond donors (Lipinski definition) is 7. The predicted octanol–water partition coefficient (Wildman–Crippen LogP) is 5.14. The summed E-state index contributed by atoms with van der Waals surface area (Å²) in [5.74, 6) is 3.80. The molecular weight excluding hydrogens is 969 g/mol. The van der Waals surface area contributed by atoms with Crippen molar-refractivity contribution in [3.8, 4) is 23.1 Å². The number of rotatable bonds is 18. The van der Waals surface area contributed by atoms with Crippen molar-refractivity contribution in [1.29, 1.82) is 0 Å². The van der Waals surface area contributed by atoms with Gasteiger partial charge in [0.15, 0.2) is 0 Å². The van der Waals surface area contributed by atoms with Crippen molar-refractivity contribution in [1.82, 2.24) is 46.5 Å². The lowest BCUT2D eigenvalue weighted by Gasteiger charge is -2.47. The number of alkyl carbamates (subject to hydrolysis) is 1. The number of carbonyl (C=O) groups excluding carboxylic acids is 3. The first-order valence-electron chi connectivity index (χ1n) is 24.5. The summed E-state index contributed by atoms with van der Waals surface area (Å²) in [4.78, 5) is 61.5. The van der Waals surface area contributed by atoms with Crippen molar-refractivity contribution < 1.29 is 56.4 Å². The number of fused-ring (bicyclic) bond motifs is 2. The zero-order chi connectivity index (χ0) is 53.5. The Morgan fingerprint density at radius 2 is 1.46 bits per heavy atom. The minimum Gasteiger partial charge on any atom is -0.465 e. The van der Waals surface area contributed by atoms with Gasteiger partial charge in [-0.05, 0) is 78.1 Å². The summed E-state index contributed by atoms with van der Waals surface area (Å²) in [5.41, 5.74) is 4.84. The Labute approximate surface area is 426 Å². The number of aromatic nitrogens is 3. The molecule has 7 N–H and O–H groups in total. The average molecular weight is 1030 g/mol. The molecular formula is C52H64F4N10O8. The molecule has 3 aliphatic rings. The highest BCUT2D eigenvalue weighted by molar-refractivity contribution is 5.87. The number of pyridine rings is 1. The van der Waals surface area contributed by atoms with Gasteiger partial charge in [-0.1, -0.05) is 65.5 Å². The number of carboxylic acid groups (broad SMARTS) is 1. The molecule has 7 rings (SSSR count). The molecule has 0 aliphatic carbocycles. The highest BCUT2D eigenvalue weighted by Gasteiger charge is 2.45. The van der Waals surface area contributed by atoms with Crippen LogP contribution < -0.4 is 31.7 Å². The molecule has 2 bridgehead atoms. The molecule has 6 atom stereocenters. The monoisotopic (exact) mass is 1030 g/mol. The van der Waals surface area contributed by atoms with Gasteiger partial charge in [0.05, 0.1) is 43.7 Å². The lowest BCUT2D eigenvalue weighted by molar-refractivity contribution is -0.128. The zero-order valence-corrected chi connectivity index (χ0v) is 42.1. The van der Waals surface area contributed by atoms with Crippen LogP contribution >= 0.6 is 0 Å². The fraction of sp³-hybridized carbons (Fsp3) is 0.500. The molecule has 4 amide bonds. The van der Waals surface area contributed by atoms with Gasteiger partial charge < -0.3 is 40.5 Å². The molecule has 6 unspecified atom stereocenters. The minimum absolute atomic E-state index is 0.0581. The van der Waals surface area contributed by atoms with Crippen molar-refractivity contribution in [2.45, 2.75) is 116 Å². The average Bonchev–Trinajstić information content (AvgIpc) is 3.91. The summed E-state index contributed by atoms with van der Waals surface area (Å²) in [6.07, 6.45) is 0.893. The number of benzene rings is 2. The van der Waals surface area contributed by atoms with Crippen LogP contribution in [-0.4, -0.2) is 136 Å². The van der Waals surface area contributed by atoms with E-state index in [-0.39, 0.29) is 24.2 Å². The van der Waals surface area contributed by atoms with E-state index in [0.29, 0.717) is 33.9 Å². The van der Waals surface area contributed by atoms with Crippen LogP contribution in [0.15, 0.2) is 67.0 Å². The maximum atomic E-state index is 15.1. The molecule has 0 radical (unpaired) electrons. The Hall–Kier alpha value is -6.80. The van der Waals surface area contributed by atoms with E-state index < -0.39 is 95.8 Å². The number of anilines is 1. The number of aliphatic hydroxyl groups excluding tert-OH is 1. The number of halogens is 4. The van der Waals surface area contributed by atoms with E-state index in [1.165, 1.54) is 18.9 Å². The number of hydrogen-bond acceptors (Lipinski definition) is 12. The number of amides is 4. The Kier molecular flexibility index (Phi) is 17.5. The number of hydrazine groups is 1. The van der Waals surface area contributed by atoms with E-state index >= 15 is 8.78 Å². The molecule has 74 heavy (non-hydrogen) atoms. The van der Waals surface area contributed by atoms with Gasteiger partial charge in [-0.2, -0.15) is 13.9 Å². The quantitative estimate of drug-likeness (QED) is 0.0390. The summed E-state index contributed by atoms with van der Waals surface area (Å²) in [6.45, 7) is 9.77. The van der Waals surface area contributed by atoms with Gasteiger partial charge in [0, 0.05) is 72.8 Å². The number of aliphatic hydroxyl groups is 1. The van der Waals surface area contributed by atoms with E-state index in [4.69, 9.17) is 14.5 Å². The third kappa shape index (κ3) is 14.1. The molecule has 2 aromatic heterocycles. The van der Waals surface area contributed by atoms with Gasteiger partial charge >= 0.3 is 18.7 Å². The predicted molar refractivity (Wildman–Crippen MR) is 265 cm³/mol. The standard InChI is InChI=1S/C52H64F4N10O8/c1-51(2,3)44(61-50(72)74-20-18-37-38(53)22-33(23-39(37)54)40-17-19-65(63-40)48(55)56)46(68)59-41(42(67)25-58-62-47(69)45(52(4,5)6)60-49(70)71)21-31-10-7-30(8-11-31)9-12-32-13-16-43(57-24-32)64-26-34-14-15-35(27-64)66(34)36-28-73-29-36/h7-8,10-11,13,16-17,19,22-24,34-36,41-42,44-45,48,58,60,67H,14-15,18,20-21,25-29H2,1-6H3,(H,59,68)(H,61,72)(H,62,69)(H,70,71). The second-order valence-electron chi connectivity index (χ2n) is 21.0. The van der Waals surface area contributed by atoms with Gasteiger partial charge in [-0.3, -0.25) is 19.9 Å². The number of piperazine rings is 1. The number of alkyl halides is 2. The fourth-order valence-corrected chi connectivity index (χ4v) is 9.36. The van der Waals surface area contributed by atoms with E-state index in [1.54, 1.807) is 72.0 Å². The van der Waals surface area contributed by atoms with Crippen molar-refractivity contribution in [3.63, 3.8) is 0 Å². The normalized spacial score (nSPS) is 18.6. The van der Waals surface area contributed by atoms with E-state index in [1.807, 2.05) is 12.1 Å². The molecule has 2 aromatic carbocycles. The third-order valence-corrected chi connectivity index (χ3v) is 13.3. The first-order chi connectivity index (χ1) is 35.0. The second-order valence-corrected chi connectivity index (χ2v) is 21.0. The van der Waals surface area contributed by atoms with E-state index in [9.17, 15) is 38.2 Å². The van der Waals surface area contributed by atoms with Crippen molar-refractivity contribution in [2.24, 2.45) is 10.8 Å². The molecule has 0 spiro atoms. The summed E-state index contributed by atoms with van der Waals surface area (Å²) in [6, 6.07) is 12.2. The molecule has 398 valence electrons. The maximum absolute atomic E-state index is 15.1. The Bertz CT molecular complexity index is 2640. The fourth-order valence-electron chi connectivity index (χ4n) is 9.36. The van der Waals surface area contributed by atoms with Gasteiger partial charge in [0.2, 0.25) is 5.91 Å². The smallest absolute Gasteiger partial charge is 0.407 e. The Balaban J connectivity index is 0.988. The number of ether oxygens (including phenoxy) is 2. The van der Waals surface area contributed by atoms with Crippen molar-refractivity contribution >= 4 is 29.8 Å². The third-order valence-electron chi connectivity index (χ3n) is 13.3. The summed E-state index contributed by atoms with van der Waals surface area (Å²) in [5, 5.41) is 32.1. The van der Waals surface area contributed by atoms with E-state index in [2.05, 4.69) is 53.5 Å². The summed E-state index contributed by atoms with van der Waals surface area (Å²) >= 11 is 0. The number of nitrogens with one attached hydrogen (secondary N) is 5. The largest absolute Gasteiger partial charge is 0.465 e. The van der Waals surface area contributed by atoms with Crippen LogP contribution in [0.5, 0.6) is 0 Å². The highest BCUT2D eigenvalue weighted by atomic mass is 19.3. The van der Waals surface area contributed by atoms with Gasteiger partial charge in [-0.15, -0.1) is 0 Å². The summed E-state index contributed by atoms with van der Waals surface area (Å²) in [7, 11) is 0. The van der Waals surface area contributed by atoms with Crippen LogP contribution in [0.25, 0.3) is 11.3 Å². The number of carbonyl (C=O) groups is 4. The lowest BCUT2D eigenvalue weighted by Crippen LogP contribution is -2.62. The molecule has 3 fully saturated rings. The maximum Gasteiger partial charge on any atom is 0.407 e. The molecule has 4 aromatic rings. The molecule has 3 saturated heterocycles. The zero-order valence-electron chi connectivity index (χ0n) is 42.1. The highest BCUT2D eigenvalue weighted by Crippen LogP contribution is 2.35. The molecule has 3 aliphatic heterocycles. The van der Waals surface area contributed by atoms with Crippen LogP contribution in [-0.2, 0) is 31.9 Å².